The lowest BCUT2D eigenvalue weighted by Crippen LogP contribution is -2.31. The number of fused-ring (bicyclic) bond motifs is 1. The van der Waals surface area contributed by atoms with E-state index in [4.69, 9.17) is 15.1 Å². The molecule has 0 radical (unpaired) electrons. The summed E-state index contributed by atoms with van der Waals surface area (Å²) in [5.74, 6) is 3.61. The molecule has 3 heterocycles. The molecule has 0 saturated heterocycles. The van der Waals surface area contributed by atoms with Crippen molar-refractivity contribution in [1.29, 1.82) is 0 Å². The molecule has 1 saturated carbocycles. The minimum atomic E-state index is 0.484. The Hall–Kier alpha value is -3.35. The van der Waals surface area contributed by atoms with E-state index in [1.165, 1.54) is 37.7 Å². The maximum absolute atomic E-state index is 6.35. The van der Waals surface area contributed by atoms with Crippen molar-refractivity contribution in [3.63, 3.8) is 0 Å². The standard InChI is InChI=1S/C23H26N6O/c24-20-14-21(25-23-26-22(27-29(20)23)19-12-7-13-30-19)28(15-17-8-3-1-4-9-17)16-18-10-5-2-6-11-18/h1,3-4,7-9,12-14,18H,2,5-6,10-11,15-16,24H2. The van der Waals surface area contributed by atoms with Gasteiger partial charge in [0.15, 0.2) is 5.76 Å². The number of hydrogen-bond acceptors (Lipinski definition) is 6. The van der Waals surface area contributed by atoms with Gasteiger partial charge < -0.3 is 15.1 Å². The van der Waals surface area contributed by atoms with Crippen LogP contribution in [0.25, 0.3) is 17.4 Å². The molecule has 5 rings (SSSR count). The third kappa shape index (κ3) is 3.87. The first-order chi connectivity index (χ1) is 14.8. The van der Waals surface area contributed by atoms with Gasteiger partial charge in [-0.3, -0.25) is 0 Å². The van der Waals surface area contributed by atoms with E-state index in [0.717, 1.165) is 18.9 Å². The highest BCUT2D eigenvalue weighted by molar-refractivity contribution is 5.57. The summed E-state index contributed by atoms with van der Waals surface area (Å²) >= 11 is 0. The van der Waals surface area contributed by atoms with E-state index in [-0.39, 0.29) is 0 Å². The molecule has 3 aromatic heterocycles. The number of nitrogen functional groups attached to an aromatic ring is 1. The highest BCUT2D eigenvalue weighted by atomic mass is 16.3. The Morgan fingerprint density at radius 2 is 1.87 bits per heavy atom. The number of nitrogens with zero attached hydrogens (tertiary/aromatic N) is 5. The zero-order valence-electron chi connectivity index (χ0n) is 16.9. The second-order valence-electron chi connectivity index (χ2n) is 8.03. The van der Waals surface area contributed by atoms with Crippen molar-refractivity contribution in [3.05, 3.63) is 60.4 Å². The normalized spacial score (nSPS) is 14.9. The van der Waals surface area contributed by atoms with Crippen molar-refractivity contribution in [1.82, 2.24) is 19.6 Å². The van der Waals surface area contributed by atoms with E-state index >= 15 is 0 Å². The Morgan fingerprint density at radius 3 is 2.63 bits per heavy atom. The van der Waals surface area contributed by atoms with E-state index in [1.54, 1.807) is 10.8 Å². The maximum Gasteiger partial charge on any atom is 0.256 e. The van der Waals surface area contributed by atoms with Crippen molar-refractivity contribution in [2.24, 2.45) is 5.92 Å². The lowest BCUT2D eigenvalue weighted by Gasteiger charge is -2.31. The summed E-state index contributed by atoms with van der Waals surface area (Å²) in [6, 6.07) is 16.1. The fraction of sp³-hybridized carbons (Fsp3) is 0.348. The van der Waals surface area contributed by atoms with Crippen LogP contribution in [-0.4, -0.2) is 26.1 Å². The molecule has 0 spiro atoms. The second kappa shape index (κ2) is 8.18. The number of nitrogens with two attached hydrogens (primary N) is 1. The molecule has 0 atom stereocenters. The van der Waals surface area contributed by atoms with E-state index in [1.807, 2.05) is 24.3 Å². The Kier molecular flexibility index (Phi) is 5.09. The van der Waals surface area contributed by atoms with Gasteiger partial charge in [0.2, 0.25) is 5.82 Å². The number of anilines is 2. The topological polar surface area (TPSA) is 85.5 Å². The molecule has 1 fully saturated rings. The lowest BCUT2D eigenvalue weighted by atomic mass is 9.89. The van der Waals surface area contributed by atoms with Gasteiger partial charge >= 0.3 is 0 Å². The highest BCUT2D eigenvalue weighted by Crippen LogP contribution is 2.28. The van der Waals surface area contributed by atoms with E-state index in [9.17, 15) is 0 Å². The number of furan rings is 1. The summed E-state index contributed by atoms with van der Waals surface area (Å²) in [7, 11) is 0. The molecular formula is C23H26N6O. The third-order valence-electron chi connectivity index (χ3n) is 5.81. The van der Waals surface area contributed by atoms with Crippen molar-refractivity contribution in [2.75, 3.05) is 17.2 Å². The number of hydrogen-bond donors (Lipinski definition) is 1. The zero-order valence-corrected chi connectivity index (χ0v) is 16.9. The predicted molar refractivity (Wildman–Crippen MR) is 117 cm³/mol. The predicted octanol–water partition coefficient (Wildman–Crippen LogP) is 4.55. The molecule has 0 aliphatic heterocycles. The van der Waals surface area contributed by atoms with Crippen LogP contribution in [0.3, 0.4) is 0 Å². The van der Waals surface area contributed by atoms with Crippen LogP contribution in [0, 0.1) is 5.92 Å². The Bertz CT molecular complexity index is 1100. The van der Waals surface area contributed by atoms with Gasteiger partial charge in [0.1, 0.15) is 11.6 Å². The molecule has 0 amide bonds. The fourth-order valence-electron chi connectivity index (χ4n) is 4.27. The lowest BCUT2D eigenvalue weighted by molar-refractivity contribution is 0.357. The van der Waals surface area contributed by atoms with Crippen LogP contribution < -0.4 is 10.6 Å². The Morgan fingerprint density at radius 1 is 1.03 bits per heavy atom. The molecule has 4 aromatic rings. The molecular weight excluding hydrogens is 376 g/mol. The van der Waals surface area contributed by atoms with Gasteiger partial charge in [0.25, 0.3) is 5.78 Å². The van der Waals surface area contributed by atoms with Crippen molar-refractivity contribution in [3.8, 4) is 11.6 Å². The van der Waals surface area contributed by atoms with Gasteiger partial charge in [-0.1, -0.05) is 49.6 Å². The first kappa shape index (κ1) is 18.7. The molecule has 2 N–H and O–H groups in total. The van der Waals surface area contributed by atoms with Gasteiger partial charge in [-0.05, 0) is 36.5 Å². The van der Waals surface area contributed by atoms with Gasteiger partial charge in [0.05, 0.1) is 6.26 Å². The first-order valence-electron chi connectivity index (χ1n) is 10.6. The maximum atomic E-state index is 6.35. The molecule has 30 heavy (non-hydrogen) atoms. The Labute approximate surface area is 175 Å². The summed E-state index contributed by atoms with van der Waals surface area (Å²) in [5, 5.41) is 4.46. The van der Waals surface area contributed by atoms with Crippen molar-refractivity contribution in [2.45, 2.75) is 38.6 Å². The molecule has 7 heteroatoms. The molecule has 0 bridgehead atoms. The zero-order chi connectivity index (χ0) is 20.3. The fourth-order valence-corrected chi connectivity index (χ4v) is 4.27. The van der Waals surface area contributed by atoms with E-state index in [2.05, 4.69) is 39.2 Å². The average molecular weight is 403 g/mol. The van der Waals surface area contributed by atoms with Crippen LogP contribution in [-0.2, 0) is 6.54 Å². The molecule has 1 aromatic carbocycles. The summed E-state index contributed by atoms with van der Waals surface area (Å²) < 4.78 is 7.00. The van der Waals surface area contributed by atoms with Crippen LogP contribution in [0.15, 0.2) is 59.2 Å². The van der Waals surface area contributed by atoms with Crippen LogP contribution in [0.4, 0.5) is 11.6 Å². The second-order valence-corrected chi connectivity index (χ2v) is 8.03. The van der Waals surface area contributed by atoms with Crippen LogP contribution >= 0.6 is 0 Å². The Balaban J connectivity index is 1.50. The summed E-state index contributed by atoms with van der Waals surface area (Å²) in [4.78, 5) is 11.7. The average Bonchev–Trinajstić information content (AvgIpc) is 3.45. The number of rotatable bonds is 6. The monoisotopic (exact) mass is 402 g/mol. The summed E-state index contributed by atoms with van der Waals surface area (Å²) in [5.41, 5.74) is 7.61. The summed E-state index contributed by atoms with van der Waals surface area (Å²) in [6.07, 6.45) is 8.13. The van der Waals surface area contributed by atoms with Crippen LogP contribution in [0.2, 0.25) is 0 Å². The van der Waals surface area contributed by atoms with Gasteiger partial charge in [-0.2, -0.15) is 14.5 Å². The summed E-state index contributed by atoms with van der Waals surface area (Å²) in [6.45, 7) is 1.76. The molecule has 1 aliphatic rings. The van der Waals surface area contributed by atoms with Gasteiger partial charge in [0, 0.05) is 19.2 Å². The van der Waals surface area contributed by atoms with E-state index < -0.39 is 0 Å². The number of aromatic nitrogens is 4. The highest BCUT2D eigenvalue weighted by Gasteiger charge is 2.21. The molecule has 154 valence electrons. The van der Waals surface area contributed by atoms with Gasteiger partial charge in [-0.15, -0.1) is 5.10 Å². The first-order valence-corrected chi connectivity index (χ1v) is 10.6. The smallest absolute Gasteiger partial charge is 0.256 e. The molecule has 1 aliphatic carbocycles. The van der Waals surface area contributed by atoms with E-state index in [0.29, 0.717) is 29.1 Å². The van der Waals surface area contributed by atoms with Crippen LogP contribution in [0.1, 0.15) is 37.7 Å². The molecule has 7 nitrogen and oxygen atoms in total. The largest absolute Gasteiger partial charge is 0.461 e. The molecule has 0 unspecified atom stereocenters. The minimum absolute atomic E-state index is 0.484. The SMILES string of the molecule is Nc1cc(N(Cc2ccccc2)CC2CCCCC2)nc2nc(-c3ccco3)nn12. The van der Waals surface area contributed by atoms with Crippen molar-refractivity contribution >= 4 is 17.4 Å². The number of benzene rings is 1. The quantitative estimate of drug-likeness (QED) is 0.509. The van der Waals surface area contributed by atoms with Gasteiger partial charge in [-0.25, -0.2) is 0 Å². The van der Waals surface area contributed by atoms with Crippen molar-refractivity contribution < 1.29 is 4.42 Å². The minimum Gasteiger partial charge on any atom is -0.461 e. The van der Waals surface area contributed by atoms with Crippen LogP contribution in [0.5, 0.6) is 0 Å². The third-order valence-corrected chi connectivity index (χ3v) is 5.81.